The van der Waals surface area contributed by atoms with E-state index in [1.807, 2.05) is 41.3 Å². The molecule has 2 heterocycles. The van der Waals surface area contributed by atoms with Crippen LogP contribution < -0.4 is 0 Å². The van der Waals surface area contributed by atoms with E-state index in [0.717, 1.165) is 21.4 Å². The van der Waals surface area contributed by atoms with Crippen molar-refractivity contribution in [2.75, 3.05) is 5.75 Å². The number of thiophene rings is 1. The fraction of sp³-hybridized carbons (Fsp3) is 0.294. The van der Waals surface area contributed by atoms with Gasteiger partial charge in [0.2, 0.25) is 0 Å². The van der Waals surface area contributed by atoms with Gasteiger partial charge in [-0.25, -0.2) is 0 Å². The molecule has 1 N–H and O–H groups in total. The first kappa shape index (κ1) is 16.2. The van der Waals surface area contributed by atoms with Gasteiger partial charge in [-0.1, -0.05) is 36.0 Å². The van der Waals surface area contributed by atoms with E-state index in [2.05, 4.69) is 30.1 Å². The second-order valence-electron chi connectivity index (χ2n) is 5.51. The topological polar surface area (TPSA) is 50.9 Å². The van der Waals surface area contributed by atoms with Crippen LogP contribution in [0.5, 0.6) is 0 Å². The molecule has 0 saturated carbocycles. The van der Waals surface area contributed by atoms with Crippen LogP contribution in [-0.2, 0) is 7.05 Å². The van der Waals surface area contributed by atoms with Gasteiger partial charge < -0.3 is 9.67 Å². The van der Waals surface area contributed by atoms with E-state index >= 15 is 0 Å². The Kier molecular flexibility index (Phi) is 4.84. The van der Waals surface area contributed by atoms with Gasteiger partial charge in [0.05, 0.1) is 11.0 Å². The average Bonchev–Trinajstić information content (AvgIpc) is 3.17. The highest BCUT2D eigenvalue weighted by Gasteiger charge is 2.15. The average molecular weight is 345 g/mol. The lowest BCUT2D eigenvalue weighted by Gasteiger charge is -2.12. The van der Waals surface area contributed by atoms with Crippen LogP contribution in [-0.4, -0.2) is 25.6 Å². The molecule has 0 amide bonds. The summed E-state index contributed by atoms with van der Waals surface area (Å²) in [4.78, 5) is 1.10. The summed E-state index contributed by atoms with van der Waals surface area (Å²) in [5.41, 5.74) is 3.38. The van der Waals surface area contributed by atoms with Crippen molar-refractivity contribution in [1.82, 2.24) is 14.8 Å². The molecule has 120 valence electrons. The number of rotatable bonds is 5. The van der Waals surface area contributed by atoms with Gasteiger partial charge in [0, 0.05) is 12.8 Å². The Labute approximate surface area is 144 Å². The van der Waals surface area contributed by atoms with Crippen molar-refractivity contribution >= 4 is 23.1 Å². The maximum atomic E-state index is 10.4. The lowest BCUT2D eigenvalue weighted by atomic mass is 10.0. The summed E-state index contributed by atoms with van der Waals surface area (Å²) in [7, 11) is 1.96. The third-order valence-corrected chi connectivity index (χ3v) is 5.82. The standard InChI is InChI=1S/C17H19N3OS2/c1-11-6-7-13(9-12(11)2)14(21)10-23-17-19-18-16(20(17)3)15-5-4-8-22-15/h4-9,14,21H,10H2,1-3H3. The molecule has 2 aromatic heterocycles. The van der Waals surface area contributed by atoms with Gasteiger partial charge in [-0.05, 0) is 42.0 Å². The van der Waals surface area contributed by atoms with Gasteiger partial charge >= 0.3 is 0 Å². The van der Waals surface area contributed by atoms with Crippen LogP contribution in [0.2, 0.25) is 0 Å². The lowest BCUT2D eigenvalue weighted by Crippen LogP contribution is -2.03. The molecule has 0 aliphatic carbocycles. The van der Waals surface area contributed by atoms with E-state index < -0.39 is 6.10 Å². The zero-order valence-corrected chi connectivity index (χ0v) is 15.0. The second-order valence-corrected chi connectivity index (χ2v) is 7.45. The molecule has 4 nitrogen and oxygen atoms in total. The van der Waals surface area contributed by atoms with Crippen LogP contribution in [0.25, 0.3) is 10.7 Å². The maximum absolute atomic E-state index is 10.4. The van der Waals surface area contributed by atoms with E-state index in [0.29, 0.717) is 5.75 Å². The minimum Gasteiger partial charge on any atom is -0.388 e. The van der Waals surface area contributed by atoms with Crippen LogP contribution in [0.4, 0.5) is 0 Å². The molecule has 1 aromatic carbocycles. The first-order valence-electron chi connectivity index (χ1n) is 7.37. The van der Waals surface area contributed by atoms with Gasteiger partial charge in [0.25, 0.3) is 0 Å². The first-order chi connectivity index (χ1) is 11.1. The summed E-state index contributed by atoms with van der Waals surface area (Å²) in [6.07, 6.45) is -0.513. The molecule has 23 heavy (non-hydrogen) atoms. The molecule has 0 fully saturated rings. The summed E-state index contributed by atoms with van der Waals surface area (Å²) in [5.74, 6) is 1.42. The van der Waals surface area contributed by atoms with Crippen LogP contribution in [0.15, 0.2) is 40.9 Å². The second kappa shape index (κ2) is 6.86. The number of aromatic nitrogens is 3. The molecule has 6 heteroatoms. The minimum absolute atomic E-state index is 0.513. The highest BCUT2D eigenvalue weighted by atomic mass is 32.2. The molecule has 3 aromatic rings. The van der Waals surface area contributed by atoms with Crippen molar-refractivity contribution < 1.29 is 5.11 Å². The highest BCUT2D eigenvalue weighted by Crippen LogP contribution is 2.28. The number of nitrogens with zero attached hydrogens (tertiary/aromatic N) is 3. The Morgan fingerprint density at radius 2 is 2.04 bits per heavy atom. The minimum atomic E-state index is -0.513. The van der Waals surface area contributed by atoms with Gasteiger partial charge in [-0.2, -0.15) is 0 Å². The zero-order valence-electron chi connectivity index (χ0n) is 13.4. The summed E-state index contributed by atoms with van der Waals surface area (Å²) >= 11 is 3.17. The number of aliphatic hydroxyl groups is 1. The summed E-state index contributed by atoms with van der Waals surface area (Å²) in [5, 5.41) is 21.7. The molecule has 1 atom stereocenters. The van der Waals surface area contributed by atoms with E-state index in [1.54, 1.807) is 11.3 Å². The van der Waals surface area contributed by atoms with Crippen LogP contribution in [0, 0.1) is 13.8 Å². The van der Waals surface area contributed by atoms with Crippen molar-refractivity contribution in [1.29, 1.82) is 0 Å². The van der Waals surface area contributed by atoms with E-state index in [9.17, 15) is 5.11 Å². The molecule has 0 bridgehead atoms. The van der Waals surface area contributed by atoms with Crippen molar-refractivity contribution in [3.63, 3.8) is 0 Å². The lowest BCUT2D eigenvalue weighted by molar-refractivity contribution is 0.204. The molecule has 0 spiro atoms. The Bertz CT molecular complexity index is 796. The SMILES string of the molecule is Cc1ccc(C(O)CSc2nnc(-c3cccs3)n2C)cc1C. The third kappa shape index (κ3) is 3.49. The third-order valence-electron chi connectivity index (χ3n) is 3.86. The van der Waals surface area contributed by atoms with Crippen molar-refractivity contribution in [3.8, 4) is 10.7 Å². The number of aliphatic hydroxyl groups excluding tert-OH is 1. The van der Waals surface area contributed by atoms with Crippen molar-refractivity contribution in [3.05, 3.63) is 52.4 Å². The smallest absolute Gasteiger partial charge is 0.191 e. The Morgan fingerprint density at radius 1 is 1.22 bits per heavy atom. The predicted molar refractivity (Wildman–Crippen MR) is 95.9 cm³/mol. The van der Waals surface area contributed by atoms with E-state index in [1.165, 1.54) is 22.9 Å². The number of hydrogen-bond donors (Lipinski definition) is 1. The monoisotopic (exact) mass is 345 g/mol. The molecule has 0 aliphatic rings. The quantitative estimate of drug-likeness (QED) is 0.711. The van der Waals surface area contributed by atoms with Crippen LogP contribution in [0.3, 0.4) is 0 Å². The summed E-state index contributed by atoms with van der Waals surface area (Å²) in [6.45, 7) is 4.14. The Balaban J connectivity index is 1.70. The Morgan fingerprint density at radius 3 is 2.74 bits per heavy atom. The van der Waals surface area contributed by atoms with Gasteiger partial charge in [0.15, 0.2) is 11.0 Å². The number of hydrogen-bond acceptors (Lipinski definition) is 5. The van der Waals surface area contributed by atoms with Crippen LogP contribution in [0.1, 0.15) is 22.8 Å². The summed E-state index contributed by atoms with van der Waals surface area (Å²) in [6, 6.07) is 10.1. The number of benzene rings is 1. The van der Waals surface area contributed by atoms with Gasteiger partial charge in [-0.15, -0.1) is 21.5 Å². The van der Waals surface area contributed by atoms with Gasteiger partial charge in [-0.3, -0.25) is 0 Å². The first-order valence-corrected chi connectivity index (χ1v) is 9.24. The zero-order chi connectivity index (χ0) is 16.4. The largest absolute Gasteiger partial charge is 0.388 e. The highest BCUT2D eigenvalue weighted by molar-refractivity contribution is 7.99. The van der Waals surface area contributed by atoms with Crippen molar-refractivity contribution in [2.24, 2.45) is 7.05 Å². The van der Waals surface area contributed by atoms with Crippen LogP contribution >= 0.6 is 23.1 Å². The fourth-order valence-electron chi connectivity index (χ4n) is 2.28. The maximum Gasteiger partial charge on any atom is 0.191 e. The molecule has 0 saturated heterocycles. The molecule has 3 rings (SSSR count). The summed E-state index contributed by atoms with van der Waals surface area (Å²) < 4.78 is 1.98. The van der Waals surface area contributed by atoms with E-state index in [4.69, 9.17) is 0 Å². The normalized spacial score (nSPS) is 12.5. The molecular formula is C17H19N3OS2. The molecular weight excluding hydrogens is 326 g/mol. The fourth-order valence-corrected chi connectivity index (χ4v) is 3.90. The van der Waals surface area contributed by atoms with E-state index in [-0.39, 0.29) is 0 Å². The number of aryl methyl sites for hydroxylation is 2. The van der Waals surface area contributed by atoms with Crippen molar-refractivity contribution in [2.45, 2.75) is 25.1 Å². The van der Waals surface area contributed by atoms with Gasteiger partial charge in [0.1, 0.15) is 0 Å². The molecule has 1 unspecified atom stereocenters. The Hall–Kier alpha value is -1.63. The molecule has 0 radical (unpaired) electrons. The number of thioether (sulfide) groups is 1. The predicted octanol–water partition coefficient (Wildman–Crippen LogP) is 3.99. The molecule has 0 aliphatic heterocycles.